The van der Waals surface area contributed by atoms with Crippen molar-refractivity contribution >= 4 is 11.3 Å². The zero-order valence-corrected chi connectivity index (χ0v) is 12.5. The highest BCUT2D eigenvalue weighted by molar-refractivity contribution is 7.11. The van der Waals surface area contributed by atoms with Crippen molar-refractivity contribution in [2.45, 2.75) is 33.4 Å². The van der Waals surface area contributed by atoms with Crippen LogP contribution >= 0.6 is 11.3 Å². The number of methoxy groups -OCH3 is 1. The van der Waals surface area contributed by atoms with Gasteiger partial charge in [-0.05, 0) is 32.4 Å². The summed E-state index contributed by atoms with van der Waals surface area (Å²) in [5.41, 5.74) is 2.30. The number of pyridine rings is 1. The predicted molar refractivity (Wildman–Crippen MR) is 77.6 cm³/mol. The van der Waals surface area contributed by atoms with Crippen molar-refractivity contribution in [2.75, 3.05) is 7.11 Å². The molecule has 0 aliphatic rings. The van der Waals surface area contributed by atoms with Gasteiger partial charge in [0.05, 0.1) is 17.8 Å². The fourth-order valence-electron chi connectivity index (χ4n) is 1.99. The molecule has 0 aromatic carbocycles. The lowest BCUT2D eigenvalue weighted by atomic mass is 10.2. The predicted octanol–water partition coefficient (Wildman–Crippen LogP) is 3.01. The zero-order chi connectivity index (χ0) is 13.8. The minimum absolute atomic E-state index is 0.240. The van der Waals surface area contributed by atoms with Crippen molar-refractivity contribution in [3.05, 3.63) is 39.5 Å². The number of hydrogen-bond donors (Lipinski definition) is 1. The van der Waals surface area contributed by atoms with Gasteiger partial charge in [-0.2, -0.15) is 0 Å². The van der Waals surface area contributed by atoms with Crippen LogP contribution in [0.2, 0.25) is 0 Å². The normalized spacial score (nSPS) is 12.4. The first-order valence-corrected chi connectivity index (χ1v) is 7.08. The SMILES string of the molecule is COc1cc(CNC(C)c2nc(C)sc2C)ccn1. The van der Waals surface area contributed by atoms with Gasteiger partial charge in [0, 0.05) is 29.7 Å². The molecular weight excluding hydrogens is 258 g/mol. The van der Waals surface area contributed by atoms with Crippen LogP contribution in [0.15, 0.2) is 18.3 Å². The van der Waals surface area contributed by atoms with E-state index >= 15 is 0 Å². The van der Waals surface area contributed by atoms with E-state index in [1.165, 1.54) is 4.88 Å². The van der Waals surface area contributed by atoms with Gasteiger partial charge in [-0.25, -0.2) is 9.97 Å². The average Bonchev–Trinajstić information content (AvgIpc) is 2.75. The summed E-state index contributed by atoms with van der Waals surface area (Å²) < 4.78 is 5.12. The molecule has 0 saturated heterocycles. The number of nitrogens with zero attached hydrogens (tertiary/aromatic N) is 2. The summed E-state index contributed by atoms with van der Waals surface area (Å²) >= 11 is 1.74. The van der Waals surface area contributed by atoms with Crippen LogP contribution in [0, 0.1) is 13.8 Å². The average molecular weight is 277 g/mol. The van der Waals surface area contributed by atoms with E-state index < -0.39 is 0 Å². The van der Waals surface area contributed by atoms with Crippen LogP contribution in [0.25, 0.3) is 0 Å². The molecule has 2 heterocycles. The van der Waals surface area contributed by atoms with Crippen molar-refractivity contribution in [3.63, 3.8) is 0 Å². The largest absolute Gasteiger partial charge is 0.481 e. The first-order valence-electron chi connectivity index (χ1n) is 6.26. The highest BCUT2D eigenvalue weighted by Gasteiger charge is 2.12. The van der Waals surface area contributed by atoms with Gasteiger partial charge in [0.15, 0.2) is 0 Å². The van der Waals surface area contributed by atoms with Crippen LogP contribution in [0.4, 0.5) is 0 Å². The first-order chi connectivity index (χ1) is 9.10. The molecule has 2 rings (SSSR count). The van der Waals surface area contributed by atoms with E-state index in [0.29, 0.717) is 5.88 Å². The second-order valence-corrected chi connectivity index (χ2v) is 5.89. The molecule has 102 valence electrons. The molecule has 1 N–H and O–H groups in total. The first kappa shape index (κ1) is 14.0. The van der Waals surface area contributed by atoms with Gasteiger partial charge in [-0.3, -0.25) is 0 Å². The van der Waals surface area contributed by atoms with Crippen LogP contribution < -0.4 is 10.1 Å². The summed E-state index contributed by atoms with van der Waals surface area (Å²) in [5.74, 6) is 0.646. The molecule has 0 fully saturated rings. The fourth-order valence-corrected chi connectivity index (χ4v) is 2.90. The molecule has 2 aromatic heterocycles. The molecule has 5 heteroatoms. The molecule has 2 aromatic rings. The molecule has 0 spiro atoms. The number of hydrogen-bond acceptors (Lipinski definition) is 5. The van der Waals surface area contributed by atoms with Crippen LogP contribution in [-0.4, -0.2) is 17.1 Å². The molecule has 0 bridgehead atoms. The highest BCUT2D eigenvalue weighted by Crippen LogP contribution is 2.22. The monoisotopic (exact) mass is 277 g/mol. The van der Waals surface area contributed by atoms with Gasteiger partial charge < -0.3 is 10.1 Å². The van der Waals surface area contributed by atoms with E-state index in [1.807, 2.05) is 19.1 Å². The third kappa shape index (κ3) is 3.52. The van der Waals surface area contributed by atoms with E-state index in [0.717, 1.165) is 22.8 Å². The Labute approximate surface area is 117 Å². The third-order valence-electron chi connectivity index (χ3n) is 2.97. The molecule has 0 saturated carbocycles. The van der Waals surface area contributed by atoms with Gasteiger partial charge in [-0.1, -0.05) is 0 Å². The van der Waals surface area contributed by atoms with Crippen molar-refractivity contribution < 1.29 is 4.74 Å². The summed E-state index contributed by atoms with van der Waals surface area (Å²) in [6.07, 6.45) is 1.76. The summed E-state index contributed by atoms with van der Waals surface area (Å²) in [7, 11) is 1.63. The van der Waals surface area contributed by atoms with Crippen LogP contribution in [0.1, 0.15) is 34.1 Å². The maximum atomic E-state index is 5.12. The number of rotatable bonds is 5. The van der Waals surface area contributed by atoms with Crippen LogP contribution in [0.5, 0.6) is 5.88 Å². The number of aromatic nitrogens is 2. The molecule has 0 aliphatic heterocycles. The lowest BCUT2D eigenvalue weighted by Gasteiger charge is -2.13. The number of nitrogens with one attached hydrogen (secondary N) is 1. The summed E-state index contributed by atoms with van der Waals surface area (Å²) in [5, 5.41) is 4.60. The number of aryl methyl sites for hydroxylation is 2. The Balaban J connectivity index is 2.00. The lowest BCUT2D eigenvalue weighted by molar-refractivity contribution is 0.397. The molecule has 0 radical (unpaired) electrons. The summed E-state index contributed by atoms with van der Waals surface area (Å²) in [6, 6.07) is 4.17. The lowest BCUT2D eigenvalue weighted by Crippen LogP contribution is -2.19. The van der Waals surface area contributed by atoms with E-state index in [-0.39, 0.29) is 6.04 Å². The Hall–Kier alpha value is -1.46. The van der Waals surface area contributed by atoms with Gasteiger partial charge in [-0.15, -0.1) is 11.3 Å². The zero-order valence-electron chi connectivity index (χ0n) is 11.7. The van der Waals surface area contributed by atoms with E-state index in [1.54, 1.807) is 24.6 Å². The van der Waals surface area contributed by atoms with E-state index in [2.05, 4.69) is 29.1 Å². The van der Waals surface area contributed by atoms with Crippen molar-refractivity contribution in [2.24, 2.45) is 0 Å². The van der Waals surface area contributed by atoms with Crippen LogP contribution in [-0.2, 0) is 6.54 Å². The Kier molecular flexibility index (Phi) is 4.50. The molecule has 1 unspecified atom stereocenters. The molecule has 19 heavy (non-hydrogen) atoms. The van der Waals surface area contributed by atoms with Crippen molar-refractivity contribution in [1.82, 2.24) is 15.3 Å². The highest BCUT2D eigenvalue weighted by atomic mass is 32.1. The second kappa shape index (κ2) is 6.12. The van der Waals surface area contributed by atoms with Crippen LogP contribution in [0.3, 0.4) is 0 Å². The second-order valence-electron chi connectivity index (χ2n) is 4.48. The quantitative estimate of drug-likeness (QED) is 0.912. The smallest absolute Gasteiger partial charge is 0.213 e. The maximum Gasteiger partial charge on any atom is 0.213 e. The maximum absolute atomic E-state index is 5.12. The van der Waals surface area contributed by atoms with Gasteiger partial charge in [0.1, 0.15) is 0 Å². The number of ether oxygens (including phenoxy) is 1. The van der Waals surface area contributed by atoms with Gasteiger partial charge in [0.25, 0.3) is 0 Å². The van der Waals surface area contributed by atoms with E-state index in [9.17, 15) is 0 Å². The minimum atomic E-state index is 0.240. The standard InChI is InChI=1S/C14H19N3OS/c1-9(14-10(2)19-11(3)17-14)16-8-12-5-6-15-13(7-12)18-4/h5-7,9,16H,8H2,1-4H3. The Morgan fingerprint density at radius 1 is 1.42 bits per heavy atom. The number of thiazole rings is 1. The minimum Gasteiger partial charge on any atom is -0.481 e. The Bertz CT molecular complexity index is 553. The van der Waals surface area contributed by atoms with Crippen molar-refractivity contribution in [1.29, 1.82) is 0 Å². The third-order valence-corrected chi connectivity index (χ3v) is 3.87. The fraction of sp³-hybridized carbons (Fsp3) is 0.429. The summed E-state index contributed by atoms with van der Waals surface area (Å²) in [6.45, 7) is 7.07. The molecule has 0 aliphatic carbocycles. The summed E-state index contributed by atoms with van der Waals surface area (Å²) in [4.78, 5) is 9.96. The molecule has 4 nitrogen and oxygen atoms in total. The Morgan fingerprint density at radius 3 is 2.84 bits per heavy atom. The topological polar surface area (TPSA) is 47.0 Å². The molecule has 0 amide bonds. The molecular formula is C14H19N3OS. The Morgan fingerprint density at radius 2 is 2.21 bits per heavy atom. The van der Waals surface area contributed by atoms with Crippen molar-refractivity contribution in [3.8, 4) is 5.88 Å². The van der Waals surface area contributed by atoms with Gasteiger partial charge in [0.2, 0.25) is 5.88 Å². The molecule has 1 atom stereocenters. The van der Waals surface area contributed by atoms with E-state index in [4.69, 9.17) is 4.74 Å². The van der Waals surface area contributed by atoms with Gasteiger partial charge >= 0.3 is 0 Å².